The van der Waals surface area contributed by atoms with Crippen LogP contribution in [-0.2, 0) is 9.57 Å². The van der Waals surface area contributed by atoms with E-state index < -0.39 is 17.3 Å². The van der Waals surface area contributed by atoms with Gasteiger partial charge in [0.1, 0.15) is 25.4 Å². The van der Waals surface area contributed by atoms with Gasteiger partial charge in [-0.15, -0.1) is 14.5 Å². The highest BCUT2D eigenvalue weighted by molar-refractivity contribution is 6.99. The molecule has 2 unspecified atom stereocenters. The lowest BCUT2D eigenvalue weighted by Crippen LogP contribution is -2.42. The van der Waals surface area contributed by atoms with Gasteiger partial charge in [0, 0.05) is 18.3 Å². The monoisotopic (exact) mass is 389 g/mol. The summed E-state index contributed by atoms with van der Waals surface area (Å²) < 4.78 is 19.1. The van der Waals surface area contributed by atoms with Crippen LogP contribution in [0.1, 0.15) is 20.8 Å². The number of β-amino-alcohol motifs (C(OH)–C–C–N with tert-alkyl or cyclic N) is 1. The smallest absolute Gasteiger partial charge is 0.294 e. The van der Waals surface area contributed by atoms with Crippen molar-refractivity contribution in [3.05, 3.63) is 22.6 Å². The predicted octanol–water partition coefficient (Wildman–Crippen LogP) is 0.551. The highest BCUT2D eigenvalue weighted by Gasteiger charge is 2.24. The zero-order valence-electron chi connectivity index (χ0n) is 14.8. The molecule has 1 aliphatic rings. The second kappa shape index (κ2) is 8.96. The molecule has 2 atom stereocenters. The maximum Gasteiger partial charge on any atom is 0.294 e. The second-order valence-electron chi connectivity index (χ2n) is 6.70. The Morgan fingerprint density at radius 2 is 2.35 bits per heavy atom. The third-order valence-electron chi connectivity index (χ3n) is 3.27. The van der Waals surface area contributed by atoms with E-state index in [2.05, 4.69) is 18.9 Å². The van der Waals surface area contributed by atoms with E-state index in [-0.39, 0.29) is 24.6 Å². The third-order valence-corrected chi connectivity index (χ3v) is 3.77. The third kappa shape index (κ3) is 6.61. The molecule has 0 spiro atoms. The average Bonchev–Trinajstić information content (AvgIpc) is 3.04. The van der Waals surface area contributed by atoms with Crippen molar-refractivity contribution in [2.24, 2.45) is 0 Å². The van der Waals surface area contributed by atoms with Gasteiger partial charge in [0.15, 0.2) is 0 Å². The Hall–Kier alpha value is -2.18. The van der Waals surface area contributed by atoms with E-state index in [1.54, 1.807) is 11.1 Å². The van der Waals surface area contributed by atoms with E-state index >= 15 is 0 Å². The minimum Gasteiger partial charge on any atom is -0.493 e. The molecule has 146 valence electrons. The van der Waals surface area contributed by atoms with Gasteiger partial charge < -0.3 is 29.6 Å². The van der Waals surface area contributed by atoms with Crippen LogP contribution in [-0.4, -0.2) is 63.0 Å². The molecule has 0 saturated heterocycles. The lowest BCUT2D eigenvalue weighted by atomic mass is 10.1. The van der Waals surface area contributed by atoms with Gasteiger partial charge in [0.25, 0.3) is 11.0 Å². The molecular formula is C14H23N5O6S. The number of ether oxygens (including phenoxy) is 2. The van der Waals surface area contributed by atoms with E-state index in [1.807, 2.05) is 20.8 Å². The average molecular weight is 389 g/mol. The first-order valence-corrected chi connectivity index (χ1v) is 8.72. The molecule has 0 saturated carbocycles. The highest BCUT2D eigenvalue weighted by Crippen LogP contribution is 2.27. The highest BCUT2D eigenvalue weighted by atomic mass is 32.1. The summed E-state index contributed by atoms with van der Waals surface area (Å²) in [5.41, 5.74) is -0.103. The summed E-state index contributed by atoms with van der Waals surface area (Å²) >= 11 is 0.971. The van der Waals surface area contributed by atoms with Crippen molar-refractivity contribution in [2.75, 3.05) is 31.2 Å². The molecule has 1 aromatic heterocycles. The summed E-state index contributed by atoms with van der Waals surface area (Å²) in [4.78, 5) is 16.3. The van der Waals surface area contributed by atoms with E-state index in [0.29, 0.717) is 18.9 Å². The molecule has 11 nitrogen and oxygen atoms in total. The van der Waals surface area contributed by atoms with Gasteiger partial charge in [-0.1, -0.05) is 0 Å². The summed E-state index contributed by atoms with van der Waals surface area (Å²) in [6, 6.07) is 0. The van der Waals surface area contributed by atoms with E-state index in [0.717, 1.165) is 11.7 Å². The number of hydrogen-bond donors (Lipinski definition) is 2. The maximum atomic E-state index is 10.3. The van der Waals surface area contributed by atoms with Gasteiger partial charge in [0.2, 0.25) is 5.82 Å². The van der Waals surface area contributed by atoms with Crippen molar-refractivity contribution in [3.8, 4) is 5.88 Å². The Kier molecular flexibility index (Phi) is 6.94. The fraction of sp³-hybridized carbons (Fsp3) is 0.714. The number of aliphatic hydroxyl groups is 1. The summed E-state index contributed by atoms with van der Waals surface area (Å²) in [5, 5.41) is 22.6. The molecule has 2 heterocycles. The summed E-state index contributed by atoms with van der Waals surface area (Å²) in [6.07, 6.45) is 1.80. The Bertz CT molecular complexity index is 619. The van der Waals surface area contributed by atoms with Crippen LogP contribution in [0.2, 0.25) is 0 Å². The number of aromatic nitrogens is 2. The van der Waals surface area contributed by atoms with Gasteiger partial charge in [-0.25, -0.2) is 0 Å². The van der Waals surface area contributed by atoms with Crippen molar-refractivity contribution in [1.82, 2.24) is 14.1 Å². The molecule has 1 aromatic rings. The van der Waals surface area contributed by atoms with Crippen LogP contribution < -0.4 is 15.0 Å². The normalized spacial score (nSPS) is 18.3. The van der Waals surface area contributed by atoms with Crippen molar-refractivity contribution < 1.29 is 24.5 Å². The van der Waals surface area contributed by atoms with Crippen LogP contribution >= 0.6 is 11.7 Å². The molecule has 26 heavy (non-hydrogen) atoms. The van der Waals surface area contributed by atoms with Crippen LogP contribution in [0.15, 0.2) is 12.5 Å². The van der Waals surface area contributed by atoms with Crippen LogP contribution in [0.3, 0.4) is 0 Å². The Morgan fingerprint density at radius 1 is 1.58 bits per heavy atom. The van der Waals surface area contributed by atoms with Crippen LogP contribution in [0.4, 0.5) is 5.82 Å². The van der Waals surface area contributed by atoms with E-state index in [9.17, 15) is 15.2 Å². The summed E-state index contributed by atoms with van der Waals surface area (Å²) in [5.74, 6) is 0.738. The topological polar surface area (TPSA) is 132 Å². The largest absolute Gasteiger partial charge is 0.493 e. The lowest BCUT2D eigenvalue weighted by molar-refractivity contribution is -0.759. The fourth-order valence-electron chi connectivity index (χ4n) is 2.04. The number of nitrogens with zero attached hydrogens (tertiary/aromatic N) is 4. The zero-order chi connectivity index (χ0) is 19.2. The van der Waals surface area contributed by atoms with Crippen molar-refractivity contribution in [2.45, 2.75) is 38.5 Å². The summed E-state index contributed by atoms with van der Waals surface area (Å²) in [7, 11) is 0. The van der Waals surface area contributed by atoms with Crippen molar-refractivity contribution >= 4 is 17.5 Å². The molecule has 0 bridgehead atoms. The fourth-order valence-corrected chi connectivity index (χ4v) is 2.55. The number of rotatable bonds is 9. The van der Waals surface area contributed by atoms with Gasteiger partial charge in [-0.2, -0.15) is 4.37 Å². The first-order valence-electron chi connectivity index (χ1n) is 7.99. The Labute approximate surface area is 155 Å². The van der Waals surface area contributed by atoms with Gasteiger partial charge in [-0.3, -0.25) is 0 Å². The molecule has 12 heteroatoms. The number of anilines is 1. The molecule has 0 aliphatic carbocycles. The maximum absolute atomic E-state index is 10.3. The molecule has 0 aromatic carbocycles. The van der Waals surface area contributed by atoms with E-state index in [1.165, 1.54) is 6.26 Å². The molecular weight excluding hydrogens is 366 g/mol. The number of aliphatic hydroxyl groups excluding tert-OH is 1. The lowest BCUT2D eigenvalue weighted by Gasteiger charge is -2.28. The minimum atomic E-state index is -0.863. The molecule has 0 fully saturated rings. The van der Waals surface area contributed by atoms with Gasteiger partial charge in [0.05, 0.1) is 24.5 Å². The van der Waals surface area contributed by atoms with Crippen molar-refractivity contribution in [3.63, 3.8) is 0 Å². The first-order chi connectivity index (χ1) is 12.2. The molecule has 0 amide bonds. The van der Waals surface area contributed by atoms with Crippen LogP contribution in [0.5, 0.6) is 5.88 Å². The van der Waals surface area contributed by atoms with Gasteiger partial charge >= 0.3 is 0 Å². The SMILES string of the molecule is CC(C)(C)NCC(O)COc1nsnc1N1C=COC(CO[N+](=O)[O-])C1. The number of nitrogens with one attached hydrogen (secondary N) is 1. The second-order valence-corrected chi connectivity index (χ2v) is 7.23. The predicted molar refractivity (Wildman–Crippen MR) is 93.5 cm³/mol. The Morgan fingerprint density at radius 3 is 3.04 bits per heavy atom. The minimum absolute atomic E-state index is 0.0589. The summed E-state index contributed by atoms with van der Waals surface area (Å²) in [6.45, 7) is 6.56. The Balaban J connectivity index is 1.88. The van der Waals surface area contributed by atoms with Crippen molar-refractivity contribution in [1.29, 1.82) is 0 Å². The van der Waals surface area contributed by atoms with Crippen LogP contribution in [0.25, 0.3) is 0 Å². The zero-order valence-corrected chi connectivity index (χ0v) is 15.6. The standard InChI is InChI=1S/C14H23N5O6S/c1-14(2,3)15-6-10(20)8-24-13-12(16-26-17-13)18-4-5-23-11(7-18)9-25-19(21)22/h4-5,10-11,15,20H,6-9H2,1-3H3. The quantitative estimate of drug-likeness (QED) is 0.456. The number of hydrogen-bond acceptors (Lipinski definition) is 11. The van der Waals surface area contributed by atoms with Gasteiger partial charge in [-0.05, 0) is 20.8 Å². The first kappa shape index (κ1) is 20.1. The molecule has 2 rings (SSSR count). The van der Waals surface area contributed by atoms with Crippen LogP contribution in [0, 0.1) is 10.1 Å². The molecule has 1 aliphatic heterocycles. The molecule has 2 N–H and O–H groups in total. The van der Waals surface area contributed by atoms with E-state index in [4.69, 9.17) is 9.47 Å². The molecule has 0 radical (unpaired) electrons.